The number of aliphatic hydroxyl groups excluding tert-OH is 1. The van der Waals surface area contributed by atoms with E-state index in [2.05, 4.69) is 20.4 Å². The molecule has 0 radical (unpaired) electrons. The third-order valence-corrected chi connectivity index (χ3v) is 4.63. The van der Waals surface area contributed by atoms with Crippen LogP contribution < -0.4 is 0 Å². The first kappa shape index (κ1) is 11.2. The quantitative estimate of drug-likeness (QED) is 0.725. The van der Waals surface area contributed by atoms with Crippen molar-refractivity contribution in [1.29, 1.82) is 0 Å². The number of hydrogen-bond donors (Lipinski definition) is 1. The largest absolute Gasteiger partial charge is 0.390 e. The lowest BCUT2D eigenvalue weighted by Gasteiger charge is -2.37. The molecule has 2 saturated carbocycles. The van der Waals surface area contributed by atoms with Crippen LogP contribution in [0, 0.1) is 17.3 Å². The summed E-state index contributed by atoms with van der Waals surface area (Å²) in [6.45, 7) is 10.8. The topological polar surface area (TPSA) is 29.5 Å². The molecule has 2 fully saturated rings. The summed E-state index contributed by atoms with van der Waals surface area (Å²) in [5.74, 6) is 1.43. The van der Waals surface area contributed by atoms with Gasteiger partial charge in [0, 0.05) is 0 Å². The van der Waals surface area contributed by atoms with Crippen molar-refractivity contribution in [3.05, 3.63) is 12.7 Å². The first-order valence-corrected chi connectivity index (χ1v) is 5.85. The van der Waals surface area contributed by atoms with E-state index in [1.54, 1.807) is 6.08 Å². The summed E-state index contributed by atoms with van der Waals surface area (Å²) in [5.41, 5.74) is 0.0550. The molecule has 0 aliphatic heterocycles. The Balaban J connectivity index is 2.05. The smallest absolute Gasteiger partial charge is 0.0919 e. The molecule has 0 aromatic rings. The number of fused-ring (bicyclic) bond motifs is 1. The standard InChI is InChI=1S/C13H22O2/c1-5-6-15-13(4)8-10-9(7-11(13)14)12(10,2)3/h5,9-11,14H,1,6-8H2,2-4H3/t9-,10+,11?,13-/m1/s1. The molecular formula is C13H22O2. The van der Waals surface area contributed by atoms with Gasteiger partial charge >= 0.3 is 0 Å². The summed E-state index contributed by atoms with van der Waals surface area (Å²) in [6, 6.07) is 0. The zero-order valence-corrected chi connectivity index (χ0v) is 9.99. The van der Waals surface area contributed by atoms with Crippen molar-refractivity contribution in [2.45, 2.75) is 45.3 Å². The maximum absolute atomic E-state index is 10.1. The maximum Gasteiger partial charge on any atom is 0.0919 e. The Labute approximate surface area is 92.3 Å². The Kier molecular flexibility index (Phi) is 2.47. The molecule has 0 amide bonds. The molecular weight excluding hydrogens is 188 g/mol. The first-order valence-electron chi connectivity index (χ1n) is 5.85. The molecule has 4 atom stereocenters. The molecule has 86 valence electrons. The Morgan fingerprint density at radius 1 is 1.40 bits per heavy atom. The predicted octanol–water partition coefficient (Wildman–Crippen LogP) is 2.37. The number of hydrogen-bond acceptors (Lipinski definition) is 2. The second kappa shape index (κ2) is 3.33. The van der Waals surface area contributed by atoms with Crippen molar-refractivity contribution < 1.29 is 9.84 Å². The fourth-order valence-electron chi connectivity index (χ4n) is 3.20. The molecule has 2 rings (SSSR count). The van der Waals surface area contributed by atoms with E-state index in [9.17, 15) is 5.11 Å². The van der Waals surface area contributed by atoms with E-state index in [-0.39, 0.29) is 11.7 Å². The average molecular weight is 210 g/mol. The van der Waals surface area contributed by atoms with Crippen molar-refractivity contribution >= 4 is 0 Å². The molecule has 0 saturated heterocycles. The van der Waals surface area contributed by atoms with Crippen molar-refractivity contribution in [2.75, 3.05) is 6.61 Å². The van der Waals surface area contributed by atoms with Crippen molar-refractivity contribution in [2.24, 2.45) is 17.3 Å². The number of aliphatic hydroxyl groups is 1. The number of ether oxygens (including phenoxy) is 1. The van der Waals surface area contributed by atoms with Gasteiger partial charge in [-0.15, -0.1) is 6.58 Å². The molecule has 2 aliphatic rings. The molecule has 15 heavy (non-hydrogen) atoms. The normalized spacial score (nSPS) is 47.1. The van der Waals surface area contributed by atoms with Crippen LogP contribution in [0.3, 0.4) is 0 Å². The van der Waals surface area contributed by atoms with Gasteiger partial charge in [-0.05, 0) is 37.0 Å². The van der Waals surface area contributed by atoms with Gasteiger partial charge in [-0.25, -0.2) is 0 Å². The van der Waals surface area contributed by atoms with Crippen LogP contribution in [-0.2, 0) is 4.74 Å². The Bertz CT molecular complexity index is 272. The molecule has 0 aromatic heterocycles. The van der Waals surface area contributed by atoms with Crippen molar-refractivity contribution in [3.8, 4) is 0 Å². The van der Waals surface area contributed by atoms with E-state index in [0.29, 0.717) is 17.9 Å². The van der Waals surface area contributed by atoms with Crippen molar-refractivity contribution in [1.82, 2.24) is 0 Å². The minimum atomic E-state index is -0.358. The van der Waals surface area contributed by atoms with Crippen LogP contribution in [0.25, 0.3) is 0 Å². The highest BCUT2D eigenvalue weighted by molar-refractivity contribution is 5.13. The van der Waals surface area contributed by atoms with Gasteiger partial charge in [0.05, 0.1) is 18.3 Å². The van der Waals surface area contributed by atoms with E-state index < -0.39 is 0 Å². The highest BCUT2D eigenvalue weighted by Crippen LogP contribution is 2.66. The summed E-state index contributed by atoms with van der Waals surface area (Å²) in [6.07, 6.45) is 3.31. The Hall–Kier alpha value is -0.340. The molecule has 0 heterocycles. The highest BCUT2D eigenvalue weighted by Gasteiger charge is 2.64. The molecule has 0 bridgehead atoms. The second-order valence-electron chi connectivity index (χ2n) is 5.90. The van der Waals surface area contributed by atoms with Gasteiger partial charge < -0.3 is 9.84 Å². The van der Waals surface area contributed by atoms with Gasteiger partial charge in [-0.3, -0.25) is 0 Å². The van der Waals surface area contributed by atoms with E-state index in [1.807, 2.05) is 6.92 Å². The SMILES string of the molecule is C=CCO[C@]1(C)C[C@H]2[C@@H](CC1O)C2(C)C. The molecule has 1 N–H and O–H groups in total. The summed E-state index contributed by atoms with van der Waals surface area (Å²) < 4.78 is 5.75. The fourth-order valence-corrected chi connectivity index (χ4v) is 3.20. The third-order valence-electron chi connectivity index (χ3n) is 4.63. The lowest BCUT2D eigenvalue weighted by atomic mass is 9.83. The summed E-state index contributed by atoms with van der Waals surface area (Å²) in [4.78, 5) is 0. The van der Waals surface area contributed by atoms with Crippen LogP contribution >= 0.6 is 0 Å². The first-order chi connectivity index (χ1) is 6.92. The monoisotopic (exact) mass is 210 g/mol. The summed E-state index contributed by atoms with van der Waals surface area (Å²) in [7, 11) is 0. The van der Waals surface area contributed by atoms with Gasteiger partial charge in [0.15, 0.2) is 0 Å². The molecule has 2 aliphatic carbocycles. The second-order valence-corrected chi connectivity index (χ2v) is 5.90. The van der Waals surface area contributed by atoms with Crippen LogP contribution in [0.15, 0.2) is 12.7 Å². The average Bonchev–Trinajstić information content (AvgIpc) is 2.66. The predicted molar refractivity (Wildman–Crippen MR) is 60.6 cm³/mol. The minimum absolute atomic E-state index is 0.319. The zero-order valence-electron chi connectivity index (χ0n) is 9.99. The summed E-state index contributed by atoms with van der Waals surface area (Å²) >= 11 is 0. The Morgan fingerprint density at radius 2 is 2.07 bits per heavy atom. The van der Waals surface area contributed by atoms with Crippen LogP contribution in [0.4, 0.5) is 0 Å². The van der Waals surface area contributed by atoms with Crippen LogP contribution in [-0.4, -0.2) is 23.4 Å². The highest BCUT2D eigenvalue weighted by atomic mass is 16.5. The lowest BCUT2D eigenvalue weighted by Crippen LogP contribution is -2.45. The maximum atomic E-state index is 10.1. The molecule has 0 aromatic carbocycles. The Morgan fingerprint density at radius 3 is 2.67 bits per heavy atom. The van der Waals surface area contributed by atoms with Gasteiger partial charge in [0.2, 0.25) is 0 Å². The van der Waals surface area contributed by atoms with Gasteiger partial charge in [-0.2, -0.15) is 0 Å². The molecule has 1 unspecified atom stereocenters. The lowest BCUT2D eigenvalue weighted by molar-refractivity contribution is -0.126. The van der Waals surface area contributed by atoms with E-state index in [1.165, 1.54) is 0 Å². The zero-order chi connectivity index (χ0) is 11.3. The van der Waals surface area contributed by atoms with E-state index in [0.717, 1.165) is 18.8 Å². The van der Waals surface area contributed by atoms with E-state index in [4.69, 9.17) is 4.74 Å². The van der Waals surface area contributed by atoms with Crippen LogP contribution in [0.1, 0.15) is 33.6 Å². The van der Waals surface area contributed by atoms with Gasteiger partial charge in [0.1, 0.15) is 0 Å². The van der Waals surface area contributed by atoms with Crippen LogP contribution in [0.5, 0.6) is 0 Å². The van der Waals surface area contributed by atoms with Gasteiger partial charge in [0.25, 0.3) is 0 Å². The third kappa shape index (κ3) is 1.64. The van der Waals surface area contributed by atoms with Crippen molar-refractivity contribution in [3.63, 3.8) is 0 Å². The fraction of sp³-hybridized carbons (Fsp3) is 0.846. The number of rotatable bonds is 3. The van der Waals surface area contributed by atoms with E-state index >= 15 is 0 Å². The van der Waals surface area contributed by atoms with Crippen LogP contribution in [0.2, 0.25) is 0 Å². The minimum Gasteiger partial charge on any atom is -0.390 e. The molecule has 2 heteroatoms. The molecule has 0 spiro atoms. The van der Waals surface area contributed by atoms with Gasteiger partial charge in [-0.1, -0.05) is 19.9 Å². The molecule has 2 nitrogen and oxygen atoms in total. The summed E-state index contributed by atoms with van der Waals surface area (Å²) in [5, 5.41) is 10.1.